The standard InChI is InChI=1S/C19H17NO4/c1-12(21)24-18-15-10-9-14(23-3)11-16(15)20(2)19(22)17(18)13-7-5-4-6-8-13/h4-11H,1-3H3. The molecule has 5 nitrogen and oxygen atoms in total. The number of hydrogen-bond acceptors (Lipinski definition) is 4. The van der Waals surface area contributed by atoms with Crippen LogP contribution >= 0.6 is 0 Å². The second-order valence-corrected chi connectivity index (χ2v) is 5.41. The van der Waals surface area contributed by atoms with Gasteiger partial charge in [-0.15, -0.1) is 0 Å². The van der Waals surface area contributed by atoms with E-state index in [9.17, 15) is 9.59 Å². The van der Waals surface area contributed by atoms with Crippen LogP contribution in [0.1, 0.15) is 6.92 Å². The normalized spacial score (nSPS) is 10.6. The highest BCUT2D eigenvalue weighted by atomic mass is 16.5. The van der Waals surface area contributed by atoms with Crippen molar-refractivity contribution in [2.45, 2.75) is 6.92 Å². The Hall–Kier alpha value is -3.08. The molecule has 0 bridgehead atoms. The second-order valence-electron chi connectivity index (χ2n) is 5.41. The number of aryl methyl sites for hydroxylation is 1. The lowest BCUT2D eigenvalue weighted by atomic mass is 10.0. The first kappa shape index (κ1) is 15.8. The lowest BCUT2D eigenvalue weighted by molar-refractivity contribution is -0.131. The summed E-state index contributed by atoms with van der Waals surface area (Å²) in [5.41, 5.74) is 1.46. The minimum atomic E-state index is -0.474. The van der Waals surface area contributed by atoms with Crippen LogP contribution in [0.15, 0.2) is 53.3 Å². The van der Waals surface area contributed by atoms with Gasteiger partial charge in [-0.1, -0.05) is 30.3 Å². The van der Waals surface area contributed by atoms with Crippen molar-refractivity contribution in [3.05, 3.63) is 58.9 Å². The van der Waals surface area contributed by atoms with Gasteiger partial charge in [-0.25, -0.2) is 0 Å². The third-order valence-electron chi connectivity index (χ3n) is 3.86. The largest absolute Gasteiger partial charge is 0.497 e. The summed E-state index contributed by atoms with van der Waals surface area (Å²) in [6.45, 7) is 1.32. The van der Waals surface area contributed by atoms with Crippen LogP contribution in [0, 0.1) is 0 Å². The van der Waals surface area contributed by atoms with E-state index in [-0.39, 0.29) is 11.3 Å². The molecule has 24 heavy (non-hydrogen) atoms. The Kier molecular flexibility index (Phi) is 4.08. The molecule has 0 fully saturated rings. The third-order valence-corrected chi connectivity index (χ3v) is 3.86. The maximum absolute atomic E-state index is 12.9. The summed E-state index contributed by atoms with van der Waals surface area (Å²) in [5, 5.41) is 0.673. The molecule has 1 heterocycles. The fraction of sp³-hybridized carbons (Fsp3) is 0.158. The Bertz CT molecular complexity index is 974. The molecule has 5 heteroatoms. The van der Waals surface area contributed by atoms with Gasteiger partial charge < -0.3 is 14.0 Å². The van der Waals surface area contributed by atoms with Crippen LogP contribution in [0.25, 0.3) is 22.0 Å². The molecule has 0 aliphatic carbocycles. The number of ether oxygens (including phenoxy) is 2. The molecule has 0 spiro atoms. The fourth-order valence-corrected chi connectivity index (χ4v) is 2.73. The van der Waals surface area contributed by atoms with E-state index in [0.29, 0.717) is 27.8 Å². The van der Waals surface area contributed by atoms with E-state index in [2.05, 4.69) is 0 Å². The summed E-state index contributed by atoms with van der Waals surface area (Å²) in [4.78, 5) is 24.5. The summed E-state index contributed by atoms with van der Waals surface area (Å²) >= 11 is 0. The van der Waals surface area contributed by atoms with Crippen molar-refractivity contribution in [2.24, 2.45) is 7.05 Å². The van der Waals surface area contributed by atoms with E-state index >= 15 is 0 Å². The number of fused-ring (bicyclic) bond motifs is 1. The number of hydrogen-bond donors (Lipinski definition) is 0. The lowest BCUT2D eigenvalue weighted by Gasteiger charge is -2.15. The summed E-state index contributed by atoms with van der Waals surface area (Å²) in [6.07, 6.45) is 0. The van der Waals surface area contributed by atoms with Crippen molar-refractivity contribution in [2.75, 3.05) is 7.11 Å². The molecule has 0 N–H and O–H groups in total. The fourth-order valence-electron chi connectivity index (χ4n) is 2.73. The number of rotatable bonds is 3. The van der Waals surface area contributed by atoms with Crippen molar-refractivity contribution in [3.8, 4) is 22.6 Å². The molecule has 0 radical (unpaired) electrons. The molecule has 0 amide bonds. The average molecular weight is 323 g/mol. The molecule has 0 saturated heterocycles. The first-order chi connectivity index (χ1) is 11.5. The highest BCUT2D eigenvalue weighted by molar-refractivity contribution is 5.95. The topological polar surface area (TPSA) is 57.5 Å². The average Bonchev–Trinajstić information content (AvgIpc) is 2.59. The molecule has 0 unspecified atom stereocenters. The molecular formula is C19H17NO4. The Morgan fingerprint density at radius 1 is 1.08 bits per heavy atom. The zero-order valence-electron chi connectivity index (χ0n) is 13.7. The Balaban J connectivity index is 2.44. The third kappa shape index (κ3) is 2.65. The zero-order chi connectivity index (χ0) is 17.3. The van der Waals surface area contributed by atoms with E-state index in [1.807, 2.05) is 30.3 Å². The van der Waals surface area contributed by atoms with Crippen molar-refractivity contribution in [1.29, 1.82) is 0 Å². The quantitative estimate of drug-likeness (QED) is 0.695. The number of esters is 1. The van der Waals surface area contributed by atoms with Crippen LogP contribution in [0.5, 0.6) is 11.5 Å². The van der Waals surface area contributed by atoms with Gasteiger partial charge in [0.25, 0.3) is 5.56 Å². The van der Waals surface area contributed by atoms with Crippen molar-refractivity contribution < 1.29 is 14.3 Å². The van der Waals surface area contributed by atoms with Gasteiger partial charge in [0.15, 0.2) is 5.75 Å². The molecule has 3 rings (SSSR count). The zero-order valence-corrected chi connectivity index (χ0v) is 13.7. The van der Waals surface area contributed by atoms with Gasteiger partial charge in [0, 0.05) is 25.4 Å². The Morgan fingerprint density at radius 3 is 2.42 bits per heavy atom. The summed E-state index contributed by atoms with van der Waals surface area (Å²) < 4.78 is 12.2. The molecular weight excluding hydrogens is 306 g/mol. The van der Waals surface area contributed by atoms with Crippen LogP contribution in [0.2, 0.25) is 0 Å². The molecule has 0 atom stereocenters. The summed E-state index contributed by atoms with van der Waals surface area (Å²) in [6, 6.07) is 14.5. The number of carbonyl (C=O) groups is 1. The maximum atomic E-state index is 12.9. The molecule has 3 aromatic rings. The van der Waals surface area contributed by atoms with Gasteiger partial charge in [-0.2, -0.15) is 0 Å². The minimum absolute atomic E-state index is 0.238. The SMILES string of the molecule is COc1ccc2c(OC(C)=O)c(-c3ccccc3)c(=O)n(C)c2c1. The van der Waals surface area contributed by atoms with Gasteiger partial charge in [0.05, 0.1) is 18.2 Å². The number of pyridine rings is 1. The van der Waals surface area contributed by atoms with Crippen molar-refractivity contribution >= 4 is 16.9 Å². The van der Waals surface area contributed by atoms with Crippen LogP contribution in [-0.2, 0) is 11.8 Å². The van der Waals surface area contributed by atoms with Gasteiger partial charge in [0.2, 0.25) is 0 Å². The second kappa shape index (κ2) is 6.20. The first-order valence-corrected chi connectivity index (χ1v) is 7.47. The Labute approximate surface area is 139 Å². The maximum Gasteiger partial charge on any atom is 0.308 e. The predicted molar refractivity (Wildman–Crippen MR) is 92.5 cm³/mol. The van der Waals surface area contributed by atoms with Crippen molar-refractivity contribution in [1.82, 2.24) is 4.57 Å². The van der Waals surface area contributed by atoms with E-state index in [4.69, 9.17) is 9.47 Å². The summed E-state index contributed by atoms with van der Waals surface area (Å²) in [5.74, 6) is 0.422. The van der Waals surface area contributed by atoms with E-state index in [1.54, 1.807) is 32.4 Å². The van der Waals surface area contributed by atoms with Crippen LogP contribution in [0.4, 0.5) is 0 Å². The smallest absolute Gasteiger partial charge is 0.308 e. The van der Waals surface area contributed by atoms with Crippen LogP contribution in [-0.4, -0.2) is 17.6 Å². The van der Waals surface area contributed by atoms with Gasteiger partial charge >= 0.3 is 5.97 Å². The number of methoxy groups -OCH3 is 1. The highest BCUT2D eigenvalue weighted by Gasteiger charge is 2.20. The molecule has 1 aromatic heterocycles. The Morgan fingerprint density at radius 2 is 1.79 bits per heavy atom. The molecule has 0 saturated carbocycles. The van der Waals surface area contributed by atoms with E-state index in [1.165, 1.54) is 11.5 Å². The number of carbonyl (C=O) groups excluding carboxylic acids is 1. The van der Waals surface area contributed by atoms with Gasteiger partial charge in [-0.3, -0.25) is 9.59 Å². The van der Waals surface area contributed by atoms with E-state index in [0.717, 1.165) is 0 Å². The number of benzene rings is 2. The van der Waals surface area contributed by atoms with Crippen molar-refractivity contribution in [3.63, 3.8) is 0 Å². The minimum Gasteiger partial charge on any atom is -0.497 e. The molecule has 0 aliphatic rings. The van der Waals surface area contributed by atoms with Gasteiger partial charge in [0.1, 0.15) is 5.75 Å². The monoisotopic (exact) mass is 323 g/mol. The van der Waals surface area contributed by atoms with Crippen LogP contribution in [0.3, 0.4) is 0 Å². The number of aromatic nitrogens is 1. The number of nitrogens with zero attached hydrogens (tertiary/aromatic N) is 1. The molecule has 0 aliphatic heterocycles. The van der Waals surface area contributed by atoms with Gasteiger partial charge in [-0.05, 0) is 17.7 Å². The van der Waals surface area contributed by atoms with E-state index < -0.39 is 5.97 Å². The first-order valence-electron chi connectivity index (χ1n) is 7.47. The molecule has 2 aromatic carbocycles. The predicted octanol–water partition coefficient (Wildman–Crippen LogP) is 3.14. The summed E-state index contributed by atoms with van der Waals surface area (Å²) in [7, 11) is 3.25. The highest BCUT2D eigenvalue weighted by Crippen LogP contribution is 2.35. The van der Waals surface area contributed by atoms with Crippen LogP contribution < -0.4 is 15.0 Å². The lowest BCUT2D eigenvalue weighted by Crippen LogP contribution is -2.21. The molecule has 122 valence electrons.